The van der Waals surface area contributed by atoms with Crippen molar-refractivity contribution in [3.8, 4) is 5.75 Å². The largest absolute Gasteiger partial charge is 0.494 e. The van der Waals surface area contributed by atoms with Gasteiger partial charge in [0.1, 0.15) is 11.4 Å². The lowest BCUT2D eigenvalue weighted by molar-refractivity contribution is 0.102. The molecule has 26 heavy (non-hydrogen) atoms. The van der Waals surface area contributed by atoms with Crippen LogP contribution in [0.4, 0.5) is 11.6 Å². The number of benzene rings is 1. The zero-order chi connectivity index (χ0) is 18.2. The van der Waals surface area contributed by atoms with E-state index >= 15 is 0 Å². The van der Waals surface area contributed by atoms with Crippen LogP contribution in [0.3, 0.4) is 0 Å². The first-order chi connectivity index (χ1) is 12.7. The molecule has 0 aliphatic carbocycles. The van der Waals surface area contributed by atoms with Crippen LogP contribution in [0, 0.1) is 0 Å². The number of carbonyl (C=O) groups is 1. The zero-order valence-electron chi connectivity index (χ0n) is 14.3. The molecule has 132 valence electrons. The van der Waals surface area contributed by atoms with E-state index in [4.69, 9.17) is 4.74 Å². The van der Waals surface area contributed by atoms with Gasteiger partial charge in [0.25, 0.3) is 5.91 Å². The summed E-state index contributed by atoms with van der Waals surface area (Å²) in [7, 11) is 0. The number of ether oxygens (including phenoxy) is 1. The Bertz CT molecular complexity index is 853. The van der Waals surface area contributed by atoms with Gasteiger partial charge in [0.05, 0.1) is 18.8 Å². The summed E-state index contributed by atoms with van der Waals surface area (Å²) >= 11 is 0. The van der Waals surface area contributed by atoms with Crippen molar-refractivity contribution in [1.29, 1.82) is 0 Å². The predicted octanol–water partition coefficient (Wildman–Crippen LogP) is 3.13. The summed E-state index contributed by atoms with van der Waals surface area (Å²) in [6, 6.07) is 14.4. The molecule has 7 nitrogen and oxygen atoms in total. The molecule has 2 heterocycles. The molecule has 0 radical (unpaired) electrons. The maximum atomic E-state index is 12.4. The first-order valence-corrected chi connectivity index (χ1v) is 8.25. The molecule has 0 aliphatic rings. The molecule has 0 unspecified atom stereocenters. The zero-order valence-corrected chi connectivity index (χ0v) is 14.3. The van der Waals surface area contributed by atoms with Crippen molar-refractivity contribution in [2.24, 2.45) is 0 Å². The third kappa shape index (κ3) is 4.76. The molecule has 0 aliphatic heterocycles. The van der Waals surface area contributed by atoms with Crippen LogP contribution in [-0.2, 0) is 6.54 Å². The molecule has 0 fully saturated rings. The Morgan fingerprint density at radius 2 is 1.88 bits per heavy atom. The molecule has 1 aromatic carbocycles. The number of amides is 1. The van der Waals surface area contributed by atoms with Gasteiger partial charge in [0, 0.05) is 18.1 Å². The lowest BCUT2D eigenvalue weighted by Crippen LogP contribution is -2.15. The summed E-state index contributed by atoms with van der Waals surface area (Å²) in [6.07, 6.45) is 3.26. The highest BCUT2D eigenvalue weighted by Crippen LogP contribution is 2.16. The van der Waals surface area contributed by atoms with Crippen molar-refractivity contribution >= 4 is 17.5 Å². The number of anilines is 2. The van der Waals surface area contributed by atoms with Crippen LogP contribution >= 0.6 is 0 Å². The van der Waals surface area contributed by atoms with Crippen molar-refractivity contribution in [3.05, 3.63) is 72.3 Å². The second kappa shape index (κ2) is 8.57. The molecule has 0 bridgehead atoms. The van der Waals surface area contributed by atoms with Crippen molar-refractivity contribution < 1.29 is 9.53 Å². The van der Waals surface area contributed by atoms with Crippen LogP contribution in [-0.4, -0.2) is 27.5 Å². The molecule has 3 rings (SSSR count). The smallest absolute Gasteiger partial charge is 0.274 e. The van der Waals surface area contributed by atoms with E-state index in [1.165, 1.54) is 0 Å². The highest BCUT2D eigenvalue weighted by atomic mass is 16.5. The fourth-order valence-electron chi connectivity index (χ4n) is 2.24. The third-order valence-electron chi connectivity index (χ3n) is 3.47. The molecule has 0 saturated carbocycles. The van der Waals surface area contributed by atoms with E-state index in [1.807, 2.05) is 25.1 Å². The van der Waals surface area contributed by atoms with E-state index in [0.717, 1.165) is 11.4 Å². The number of nitrogens with one attached hydrogen (secondary N) is 2. The number of carbonyl (C=O) groups excluding carboxylic acids is 1. The number of hydrogen-bond donors (Lipinski definition) is 2. The average molecular weight is 349 g/mol. The SMILES string of the molecule is CCOc1ccc(NC(=O)c2ccnc(NCc3ccccn3)n2)cc1. The van der Waals surface area contributed by atoms with E-state index in [9.17, 15) is 4.79 Å². The fourth-order valence-corrected chi connectivity index (χ4v) is 2.24. The van der Waals surface area contributed by atoms with E-state index in [0.29, 0.717) is 24.8 Å². The van der Waals surface area contributed by atoms with Crippen LogP contribution < -0.4 is 15.4 Å². The molecular weight excluding hydrogens is 330 g/mol. The number of hydrogen-bond acceptors (Lipinski definition) is 6. The molecule has 7 heteroatoms. The van der Waals surface area contributed by atoms with Gasteiger partial charge in [0.15, 0.2) is 0 Å². The Kier molecular flexibility index (Phi) is 5.72. The minimum Gasteiger partial charge on any atom is -0.494 e. The topological polar surface area (TPSA) is 89.0 Å². The van der Waals surface area contributed by atoms with Crippen LogP contribution in [0.15, 0.2) is 60.9 Å². The second-order valence-corrected chi connectivity index (χ2v) is 5.35. The Morgan fingerprint density at radius 3 is 2.62 bits per heavy atom. The molecule has 3 aromatic rings. The van der Waals surface area contributed by atoms with Crippen molar-refractivity contribution in [2.75, 3.05) is 17.2 Å². The van der Waals surface area contributed by atoms with E-state index in [2.05, 4.69) is 25.6 Å². The average Bonchev–Trinajstić information content (AvgIpc) is 2.69. The van der Waals surface area contributed by atoms with Crippen LogP contribution in [0.2, 0.25) is 0 Å². The standard InChI is InChI=1S/C19H19N5O2/c1-2-26-16-8-6-14(7-9-16)23-18(25)17-10-12-21-19(24-17)22-13-15-5-3-4-11-20-15/h3-12H,2,13H2,1H3,(H,23,25)(H,21,22,24). The normalized spacial score (nSPS) is 10.2. The molecule has 1 amide bonds. The first kappa shape index (κ1) is 17.3. The van der Waals surface area contributed by atoms with Gasteiger partial charge in [-0.05, 0) is 49.4 Å². The van der Waals surface area contributed by atoms with Crippen LogP contribution in [0.1, 0.15) is 23.1 Å². The molecule has 2 N–H and O–H groups in total. The lowest BCUT2D eigenvalue weighted by Gasteiger charge is -2.08. The summed E-state index contributed by atoms with van der Waals surface area (Å²) in [5, 5.41) is 5.86. The van der Waals surface area contributed by atoms with Gasteiger partial charge in [-0.3, -0.25) is 9.78 Å². The fraction of sp³-hybridized carbons (Fsp3) is 0.158. The van der Waals surface area contributed by atoms with Crippen LogP contribution in [0.25, 0.3) is 0 Å². The van der Waals surface area contributed by atoms with Gasteiger partial charge in [-0.15, -0.1) is 0 Å². The van der Waals surface area contributed by atoms with Gasteiger partial charge in [-0.2, -0.15) is 0 Å². The Labute approximate surface area is 151 Å². The maximum absolute atomic E-state index is 12.4. The molecule has 2 aromatic heterocycles. The Hall–Kier alpha value is -3.48. The van der Waals surface area contributed by atoms with Crippen LogP contribution in [0.5, 0.6) is 5.75 Å². The quantitative estimate of drug-likeness (QED) is 0.681. The van der Waals surface area contributed by atoms with Crippen molar-refractivity contribution in [1.82, 2.24) is 15.0 Å². The van der Waals surface area contributed by atoms with Gasteiger partial charge in [-0.25, -0.2) is 9.97 Å². The minimum atomic E-state index is -0.308. The molecule has 0 spiro atoms. The number of nitrogens with zero attached hydrogens (tertiary/aromatic N) is 3. The van der Waals surface area contributed by atoms with Crippen molar-refractivity contribution in [2.45, 2.75) is 13.5 Å². The Balaban J connectivity index is 1.62. The number of pyridine rings is 1. The number of rotatable bonds is 7. The second-order valence-electron chi connectivity index (χ2n) is 5.35. The highest BCUT2D eigenvalue weighted by molar-refractivity contribution is 6.02. The minimum absolute atomic E-state index is 0.275. The van der Waals surface area contributed by atoms with E-state index in [-0.39, 0.29) is 11.6 Å². The van der Waals surface area contributed by atoms with E-state index in [1.54, 1.807) is 42.7 Å². The van der Waals surface area contributed by atoms with Crippen molar-refractivity contribution in [3.63, 3.8) is 0 Å². The summed E-state index contributed by atoms with van der Waals surface area (Å²) in [4.78, 5) is 25.0. The molecule has 0 saturated heterocycles. The summed E-state index contributed by atoms with van der Waals surface area (Å²) in [5.74, 6) is 0.820. The van der Waals surface area contributed by atoms with Gasteiger partial charge < -0.3 is 15.4 Å². The van der Waals surface area contributed by atoms with E-state index < -0.39 is 0 Å². The molecule has 0 atom stereocenters. The van der Waals surface area contributed by atoms with Gasteiger partial charge in [0.2, 0.25) is 5.95 Å². The predicted molar refractivity (Wildman–Crippen MR) is 99.2 cm³/mol. The number of aromatic nitrogens is 3. The Morgan fingerprint density at radius 1 is 1.04 bits per heavy atom. The summed E-state index contributed by atoms with van der Waals surface area (Å²) in [5.41, 5.74) is 1.80. The third-order valence-corrected chi connectivity index (χ3v) is 3.47. The summed E-state index contributed by atoms with van der Waals surface area (Å²) < 4.78 is 5.38. The highest BCUT2D eigenvalue weighted by Gasteiger charge is 2.09. The van der Waals surface area contributed by atoms with Gasteiger partial charge >= 0.3 is 0 Å². The lowest BCUT2D eigenvalue weighted by atomic mass is 10.3. The molecular formula is C19H19N5O2. The van der Waals surface area contributed by atoms with Gasteiger partial charge in [-0.1, -0.05) is 6.07 Å². The summed E-state index contributed by atoms with van der Waals surface area (Å²) in [6.45, 7) is 3.00. The maximum Gasteiger partial charge on any atom is 0.274 e. The first-order valence-electron chi connectivity index (χ1n) is 8.25. The monoisotopic (exact) mass is 349 g/mol.